The van der Waals surface area contributed by atoms with Crippen LogP contribution >= 0.6 is 0 Å². The van der Waals surface area contributed by atoms with Gasteiger partial charge in [0, 0.05) is 48.7 Å². The smallest absolute Gasteiger partial charge is 0.280 e. The van der Waals surface area contributed by atoms with Crippen molar-refractivity contribution in [1.29, 1.82) is 0 Å². The molecule has 0 bridgehead atoms. The summed E-state index contributed by atoms with van der Waals surface area (Å²) in [5.74, 6) is 0. The number of rotatable bonds is 5. The van der Waals surface area contributed by atoms with Gasteiger partial charge in [-0.3, -0.25) is 24.8 Å². The van der Waals surface area contributed by atoms with Gasteiger partial charge in [-0.05, 0) is 19.1 Å². The molecule has 3 heterocycles. The topological polar surface area (TPSA) is 132 Å². The van der Waals surface area contributed by atoms with Gasteiger partial charge in [0.1, 0.15) is 0 Å². The summed E-state index contributed by atoms with van der Waals surface area (Å²) < 4.78 is 2.83. The van der Waals surface area contributed by atoms with Crippen molar-refractivity contribution in [2.24, 2.45) is 0 Å². The molecule has 0 atom stereocenters. The minimum atomic E-state index is -0.506. The van der Waals surface area contributed by atoms with Gasteiger partial charge in [-0.1, -0.05) is 0 Å². The summed E-state index contributed by atoms with van der Waals surface area (Å²) in [6.45, 7) is 2.14. The van der Waals surface area contributed by atoms with Gasteiger partial charge >= 0.3 is 0 Å². The lowest BCUT2D eigenvalue weighted by molar-refractivity contribution is -0.384. The number of non-ortho nitro benzene ring substituents is 1. The number of nitro benzene ring substituents is 1. The molecule has 4 rings (SSSR count). The quantitative estimate of drug-likeness (QED) is 0.401. The molecular weight excluding hydrogens is 364 g/mol. The Morgan fingerprint density at radius 3 is 2.61 bits per heavy atom. The first-order valence-electron chi connectivity index (χ1n) is 8.53. The van der Waals surface area contributed by atoms with E-state index in [0.29, 0.717) is 35.2 Å². The number of aromatic nitrogens is 5. The van der Waals surface area contributed by atoms with Gasteiger partial charge < -0.3 is 9.55 Å². The van der Waals surface area contributed by atoms with Crippen LogP contribution in [0.5, 0.6) is 0 Å². The molecule has 0 amide bonds. The van der Waals surface area contributed by atoms with E-state index in [1.165, 1.54) is 35.0 Å². The third-order valence-electron chi connectivity index (χ3n) is 4.70. The van der Waals surface area contributed by atoms with Crippen LogP contribution < -0.4 is 11.1 Å². The Labute approximate surface area is 157 Å². The van der Waals surface area contributed by atoms with Crippen LogP contribution in [-0.4, -0.2) is 29.2 Å². The van der Waals surface area contributed by atoms with E-state index >= 15 is 0 Å². The molecule has 10 heteroatoms. The number of aromatic amines is 2. The molecule has 0 spiro atoms. The number of hydrogen-bond donors (Lipinski definition) is 2. The maximum absolute atomic E-state index is 12.9. The lowest BCUT2D eigenvalue weighted by Gasteiger charge is -2.09. The summed E-state index contributed by atoms with van der Waals surface area (Å²) in [6.07, 6.45) is 3.84. The second kappa shape index (κ2) is 6.65. The zero-order valence-electron chi connectivity index (χ0n) is 14.9. The fraction of sp³-hybridized carbons (Fsp3) is 0.167. The van der Waals surface area contributed by atoms with Crippen molar-refractivity contribution >= 4 is 16.6 Å². The summed E-state index contributed by atoms with van der Waals surface area (Å²) in [6, 6.07) is 7.00. The van der Waals surface area contributed by atoms with Crippen LogP contribution in [0.1, 0.15) is 11.4 Å². The van der Waals surface area contributed by atoms with Crippen LogP contribution in [0.15, 0.2) is 52.4 Å². The highest BCUT2D eigenvalue weighted by atomic mass is 16.6. The predicted octanol–water partition coefficient (Wildman–Crippen LogP) is 1.66. The van der Waals surface area contributed by atoms with Gasteiger partial charge in [0.2, 0.25) is 0 Å². The minimum absolute atomic E-state index is 0.0671. The fourth-order valence-electron chi connectivity index (χ4n) is 3.25. The van der Waals surface area contributed by atoms with Crippen LogP contribution in [0.3, 0.4) is 0 Å². The van der Waals surface area contributed by atoms with Crippen molar-refractivity contribution < 1.29 is 4.92 Å². The molecule has 0 aliphatic carbocycles. The van der Waals surface area contributed by atoms with E-state index in [1.54, 1.807) is 24.0 Å². The van der Waals surface area contributed by atoms with Crippen molar-refractivity contribution in [3.05, 3.63) is 85.1 Å². The van der Waals surface area contributed by atoms with Gasteiger partial charge in [-0.2, -0.15) is 0 Å². The molecule has 28 heavy (non-hydrogen) atoms. The van der Waals surface area contributed by atoms with Crippen LogP contribution in [0, 0.1) is 17.0 Å². The van der Waals surface area contributed by atoms with E-state index in [4.69, 9.17) is 0 Å². The van der Waals surface area contributed by atoms with Crippen molar-refractivity contribution in [2.45, 2.75) is 19.9 Å². The molecule has 10 nitrogen and oxygen atoms in total. The Morgan fingerprint density at radius 2 is 1.96 bits per heavy atom. The van der Waals surface area contributed by atoms with E-state index in [0.717, 1.165) is 5.69 Å². The van der Waals surface area contributed by atoms with E-state index in [9.17, 15) is 19.7 Å². The zero-order valence-corrected chi connectivity index (χ0v) is 14.9. The first-order valence-corrected chi connectivity index (χ1v) is 8.53. The molecular formula is C18H16N6O4. The fourth-order valence-corrected chi connectivity index (χ4v) is 3.25. The third kappa shape index (κ3) is 2.90. The third-order valence-corrected chi connectivity index (χ3v) is 4.70. The molecule has 1 aromatic carbocycles. The SMILES string of the molecule is Cc1c2c(=O)n(-c3ccc([N+](=O)[O-])cc3)[nH]c2cc(=O)n1CCc1cnc[nH]1. The van der Waals surface area contributed by atoms with Crippen LogP contribution in [0.25, 0.3) is 16.6 Å². The standard InChI is InChI=1S/C18H16N6O4/c1-11-17-15(8-16(25)22(11)7-6-12-9-19-10-20-12)21-23(18(17)26)13-2-4-14(5-3-13)24(27)28/h2-5,8-10,21H,6-7H2,1H3,(H,19,20). The molecule has 0 radical (unpaired) electrons. The summed E-state index contributed by atoms with van der Waals surface area (Å²) >= 11 is 0. The van der Waals surface area contributed by atoms with Crippen LogP contribution in [0.2, 0.25) is 0 Å². The average molecular weight is 380 g/mol. The Hall–Kier alpha value is -3.95. The Kier molecular flexibility index (Phi) is 4.15. The zero-order chi connectivity index (χ0) is 19.8. The second-order valence-electron chi connectivity index (χ2n) is 6.36. The minimum Gasteiger partial charge on any atom is -0.348 e. The lowest BCUT2D eigenvalue weighted by Crippen LogP contribution is -2.24. The van der Waals surface area contributed by atoms with Crippen molar-refractivity contribution in [3.8, 4) is 5.69 Å². The highest BCUT2D eigenvalue weighted by Gasteiger charge is 2.16. The average Bonchev–Trinajstić information content (AvgIpc) is 3.29. The van der Waals surface area contributed by atoms with E-state index in [1.807, 2.05) is 0 Å². The number of pyridine rings is 1. The summed E-state index contributed by atoms with van der Waals surface area (Å²) in [4.78, 5) is 42.7. The molecule has 0 fully saturated rings. The van der Waals surface area contributed by atoms with Gasteiger partial charge in [-0.15, -0.1) is 0 Å². The van der Waals surface area contributed by atoms with Crippen LogP contribution in [-0.2, 0) is 13.0 Å². The number of nitrogens with one attached hydrogen (secondary N) is 2. The number of imidazole rings is 1. The first-order chi connectivity index (χ1) is 13.5. The molecule has 2 N–H and O–H groups in total. The Bertz CT molecular complexity index is 1280. The maximum Gasteiger partial charge on any atom is 0.280 e. The largest absolute Gasteiger partial charge is 0.348 e. The molecule has 142 valence electrons. The maximum atomic E-state index is 12.9. The highest BCUT2D eigenvalue weighted by Crippen LogP contribution is 2.17. The van der Waals surface area contributed by atoms with E-state index in [-0.39, 0.29) is 16.8 Å². The number of aryl methyl sites for hydroxylation is 2. The monoisotopic (exact) mass is 380 g/mol. The number of fused-ring (bicyclic) bond motifs is 1. The Balaban J connectivity index is 1.78. The summed E-state index contributed by atoms with van der Waals surface area (Å²) in [5.41, 5.74) is 1.71. The lowest BCUT2D eigenvalue weighted by atomic mass is 10.2. The second-order valence-corrected chi connectivity index (χ2v) is 6.36. The van der Waals surface area contributed by atoms with Gasteiger partial charge in [0.15, 0.2) is 0 Å². The number of nitrogens with zero attached hydrogens (tertiary/aromatic N) is 4. The first kappa shape index (κ1) is 17.5. The van der Waals surface area contributed by atoms with Crippen molar-refractivity contribution in [1.82, 2.24) is 24.3 Å². The number of nitro groups is 1. The molecule has 0 aliphatic heterocycles. The van der Waals surface area contributed by atoms with E-state index in [2.05, 4.69) is 15.1 Å². The molecule has 0 saturated carbocycles. The molecule has 4 aromatic rings. The molecule has 0 aliphatic rings. The predicted molar refractivity (Wildman–Crippen MR) is 102 cm³/mol. The van der Waals surface area contributed by atoms with Gasteiger partial charge in [0.25, 0.3) is 16.8 Å². The summed E-state index contributed by atoms with van der Waals surface area (Å²) in [7, 11) is 0. The number of H-pyrrole nitrogens is 2. The number of benzene rings is 1. The van der Waals surface area contributed by atoms with E-state index < -0.39 is 4.92 Å². The Morgan fingerprint density at radius 1 is 1.21 bits per heavy atom. The van der Waals surface area contributed by atoms with Crippen LogP contribution in [0.4, 0.5) is 5.69 Å². The normalized spacial score (nSPS) is 11.2. The highest BCUT2D eigenvalue weighted by molar-refractivity contribution is 5.80. The van der Waals surface area contributed by atoms with Gasteiger partial charge in [0.05, 0.1) is 27.8 Å². The molecule has 0 unspecified atom stereocenters. The number of hydrogen-bond acceptors (Lipinski definition) is 5. The summed E-state index contributed by atoms with van der Waals surface area (Å²) in [5, 5.41) is 14.1. The van der Waals surface area contributed by atoms with Crippen molar-refractivity contribution in [3.63, 3.8) is 0 Å². The van der Waals surface area contributed by atoms with Gasteiger partial charge in [-0.25, -0.2) is 9.67 Å². The van der Waals surface area contributed by atoms with Crippen molar-refractivity contribution in [2.75, 3.05) is 0 Å². The molecule has 3 aromatic heterocycles. The molecule has 0 saturated heterocycles.